The maximum Gasteiger partial charge on any atom is 0.314 e. The van der Waals surface area contributed by atoms with E-state index in [2.05, 4.69) is 19.1 Å². The molecule has 0 aliphatic heterocycles. The molecule has 0 radical (unpaired) electrons. The number of nitrogens with zero attached hydrogens (tertiary/aromatic N) is 1. The van der Waals surface area contributed by atoms with E-state index in [-0.39, 0.29) is 11.9 Å². The van der Waals surface area contributed by atoms with Crippen LogP contribution < -0.4 is 4.74 Å². The van der Waals surface area contributed by atoms with Crippen LogP contribution in [0.25, 0.3) is 0 Å². The number of carbonyl (C=O) groups is 1. The first-order valence-corrected chi connectivity index (χ1v) is 10.9. The summed E-state index contributed by atoms with van der Waals surface area (Å²) in [6, 6.07) is 9.37. The highest BCUT2D eigenvalue weighted by atomic mass is 19.1. The lowest BCUT2D eigenvalue weighted by molar-refractivity contribution is -0.140. The SMILES string of the molecule is CCCCCc1ccc(OC(=O)C2CCC(CCC=CC=C(F)C#N)CC2)cc1. The third-order valence-electron chi connectivity index (χ3n) is 5.62. The summed E-state index contributed by atoms with van der Waals surface area (Å²) in [5, 5.41) is 8.34. The van der Waals surface area contributed by atoms with Gasteiger partial charge in [0.1, 0.15) is 11.8 Å². The zero-order chi connectivity index (χ0) is 20.9. The van der Waals surface area contributed by atoms with Crippen molar-refractivity contribution in [2.45, 2.75) is 71.1 Å². The van der Waals surface area contributed by atoms with Crippen molar-refractivity contribution in [1.29, 1.82) is 5.26 Å². The zero-order valence-corrected chi connectivity index (χ0v) is 17.4. The second kappa shape index (κ2) is 12.9. The molecule has 0 heterocycles. The molecule has 0 N–H and O–H groups in total. The Balaban J connectivity index is 1.68. The highest BCUT2D eigenvalue weighted by Gasteiger charge is 2.27. The minimum atomic E-state index is -0.772. The average Bonchev–Trinajstić information content (AvgIpc) is 2.75. The summed E-state index contributed by atoms with van der Waals surface area (Å²) in [7, 11) is 0. The Morgan fingerprint density at radius 3 is 2.59 bits per heavy atom. The van der Waals surface area contributed by atoms with Gasteiger partial charge in [-0.2, -0.15) is 9.65 Å². The Morgan fingerprint density at radius 2 is 1.93 bits per heavy atom. The molecule has 0 spiro atoms. The van der Waals surface area contributed by atoms with Gasteiger partial charge in [0.15, 0.2) is 5.83 Å². The summed E-state index contributed by atoms with van der Waals surface area (Å²) >= 11 is 0. The van der Waals surface area contributed by atoms with Gasteiger partial charge in [-0.05, 0) is 81.1 Å². The number of rotatable bonds is 10. The van der Waals surface area contributed by atoms with Gasteiger partial charge in [-0.3, -0.25) is 4.79 Å². The van der Waals surface area contributed by atoms with Crippen LogP contribution in [-0.4, -0.2) is 5.97 Å². The van der Waals surface area contributed by atoms with Crippen LogP contribution in [0.5, 0.6) is 5.75 Å². The molecular weight excluding hydrogens is 365 g/mol. The summed E-state index contributed by atoms with van der Waals surface area (Å²) < 4.78 is 18.3. The van der Waals surface area contributed by atoms with Crippen LogP contribution in [0.1, 0.15) is 70.3 Å². The first-order chi connectivity index (χ1) is 14.1. The molecule has 0 aromatic heterocycles. The van der Waals surface area contributed by atoms with E-state index in [4.69, 9.17) is 10.00 Å². The number of hydrogen-bond donors (Lipinski definition) is 0. The van der Waals surface area contributed by atoms with E-state index in [0.29, 0.717) is 11.7 Å². The van der Waals surface area contributed by atoms with Gasteiger partial charge in [0.2, 0.25) is 0 Å². The maximum absolute atomic E-state index is 12.7. The fraction of sp³-hybridized carbons (Fsp3) is 0.520. The van der Waals surface area contributed by atoms with Gasteiger partial charge in [-0.1, -0.05) is 44.1 Å². The van der Waals surface area contributed by atoms with Gasteiger partial charge in [-0.25, -0.2) is 0 Å². The molecule has 1 aliphatic rings. The standard InChI is InChI=1S/C25H32FNO2/c1-2-3-5-8-21-13-17-24(18-14-21)29-25(28)22-15-11-20(12-16-22)9-6-4-7-10-23(26)19-27/h4,7,10,13-14,17-18,20,22H,2-3,5-6,8-9,11-12,15-16H2,1H3. The molecule has 2 rings (SSSR count). The molecule has 1 saturated carbocycles. The Kier molecular flexibility index (Phi) is 10.2. The first kappa shape index (κ1) is 22.9. The lowest BCUT2D eigenvalue weighted by Crippen LogP contribution is -2.25. The zero-order valence-electron chi connectivity index (χ0n) is 17.4. The number of nitriles is 1. The first-order valence-electron chi connectivity index (χ1n) is 10.9. The van der Waals surface area contributed by atoms with Crippen molar-refractivity contribution >= 4 is 5.97 Å². The summed E-state index contributed by atoms with van der Waals surface area (Å²) in [5.41, 5.74) is 1.29. The number of ether oxygens (including phenoxy) is 1. The van der Waals surface area contributed by atoms with Crippen LogP contribution in [0, 0.1) is 23.2 Å². The fourth-order valence-electron chi connectivity index (χ4n) is 3.81. The molecule has 1 aromatic rings. The van der Waals surface area contributed by atoms with Crippen molar-refractivity contribution in [2.24, 2.45) is 11.8 Å². The smallest absolute Gasteiger partial charge is 0.314 e. The number of allylic oxidation sites excluding steroid dienone is 4. The number of carbonyl (C=O) groups excluding carboxylic acids is 1. The van der Waals surface area contributed by atoms with Gasteiger partial charge in [0.25, 0.3) is 0 Å². The van der Waals surface area contributed by atoms with Crippen molar-refractivity contribution < 1.29 is 13.9 Å². The Morgan fingerprint density at radius 1 is 1.21 bits per heavy atom. The number of halogens is 1. The summed E-state index contributed by atoms with van der Waals surface area (Å²) in [5.74, 6) is 0.333. The predicted octanol–water partition coefficient (Wildman–Crippen LogP) is 6.84. The predicted molar refractivity (Wildman–Crippen MR) is 114 cm³/mol. The van der Waals surface area contributed by atoms with E-state index >= 15 is 0 Å². The molecule has 1 aliphatic carbocycles. The molecule has 1 aromatic carbocycles. The number of esters is 1. The van der Waals surface area contributed by atoms with E-state index in [1.165, 1.54) is 37.0 Å². The lowest BCUT2D eigenvalue weighted by Gasteiger charge is -2.26. The molecule has 4 heteroatoms. The molecule has 0 bridgehead atoms. The number of benzene rings is 1. The third kappa shape index (κ3) is 8.64. The van der Waals surface area contributed by atoms with E-state index < -0.39 is 5.83 Å². The summed E-state index contributed by atoms with van der Waals surface area (Å²) in [4.78, 5) is 12.5. The van der Waals surface area contributed by atoms with Gasteiger partial charge < -0.3 is 4.74 Å². The van der Waals surface area contributed by atoms with Crippen LogP contribution in [0.3, 0.4) is 0 Å². The van der Waals surface area contributed by atoms with Crippen LogP contribution >= 0.6 is 0 Å². The molecule has 156 valence electrons. The monoisotopic (exact) mass is 397 g/mol. The third-order valence-corrected chi connectivity index (χ3v) is 5.62. The van der Waals surface area contributed by atoms with Crippen LogP contribution in [0.4, 0.5) is 4.39 Å². The van der Waals surface area contributed by atoms with Crippen molar-refractivity contribution in [3.8, 4) is 11.8 Å². The second-order valence-electron chi connectivity index (χ2n) is 7.87. The number of unbranched alkanes of at least 4 members (excludes halogenated alkanes) is 2. The van der Waals surface area contributed by atoms with Crippen molar-refractivity contribution in [2.75, 3.05) is 0 Å². The van der Waals surface area contributed by atoms with E-state index in [1.54, 1.807) is 6.08 Å². The van der Waals surface area contributed by atoms with Crippen molar-refractivity contribution in [3.05, 3.63) is 53.9 Å². The fourth-order valence-corrected chi connectivity index (χ4v) is 3.81. The minimum Gasteiger partial charge on any atom is -0.426 e. The Bertz CT molecular complexity index is 722. The minimum absolute atomic E-state index is 0.0151. The van der Waals surface area contributed by atoms with E-state index in [9.17, 15) is 9.18 Å². The highest BCUT2D eigenvalue weighted by molar-refractivity contribution is 5.75. The average molecular weight is 398 g/mol. The lowest BCUT2D eigenvalue weighted by atomic mass is 9.80. The van der Waals surface area contributed by atoms with Gasteiger partial charge in [0, 0.05) is 0 Å². The quantitative estimate of drug-likeness (QED) is 0.143. The highest BCUT2D eigenvalue weighted by Crippen LogP contribution is 2.32. The van der Waals surface area contributed by atoms with E-state index in [0.717, 1.165) is 44.9 Å². The van der Waals surface area contributed by atoms with Crippen LogP contribution in [-0.2, 0) is 11.2 Å². The maximum atomic E-state index is 12.7. The Hall–Kier alpha value is -2.41. The van der Waals surface area contributed by atoms with Gasteiger partial charge >= 0.3 is 5.97 Å². The summed E-state index contributed by atoms with van der Waals surface area (Å²) in [6.07, 6.45) is 15.1. The normalized spacial score (nSPS) is 19.8. The largest absolute Gasteiger partial charge is 0.426 e. The van der Waals surface area contributed by atoms with Crippen LogP contribution in [0.2, 0.25) is 0 Å². The number of hydrogen-bond acceptors (Lipinski definition) is 3. The molecule has 0 amide bonds. The van der Waals surface area contributed by atoms with Gasteiger partial charge in [-0.15, -0.1) is 0 Å². The molecule has 29 heavy (non-hydrogen) atoms. The van der Waals surface area contributed by atoms with E-state index in [1.807, 2.05) is 18.2 Å². The molecular formula is C25H32FNO2. The molecule has 0 unspecified atom stereocenters. The molecule has 1 fully saturated rings. The molecule has 3 nitrogen and oxygen atoms in total. The van der Waals surface area contributed by atoms with Crippen molar-refractivity contribution in [3.63, 3.8) is 0 Å². The number of aryl methyl sites for hydroxylation is 1. The molecule has 0 saturated heterocycles. The van der Waals surface area contributed by atoms with Crippen molar-refractivity contribution in [1.82, 2.24) is 0 Å². The summed E-state index contributed by atoms with van der Waals surface area (Å²) in [6.45, 7) is 2.20. The second-order valence-corrected chi connectivity index (χ2v) is 7.87. The Labute approximate surface area is 174 Å². The van der Waals surface area contributed by atoms with Crippen LogP contribution in [0.15, 0.2) is 48.3 Å². The topological polar surface area (TPSA) is 50.1 Å². The van der Waals surface area contributed by atoms with Gasteiger partial charge in [0.05, 0.1) is 5.92 Å². The molecule has 0 atom stereocenters.